The molecule has 0 fully saturated rings. The molecule has 1 unspecified atom stereocenters. The average Bonchev–Trinajstić information content (AvgIpc) is 2.49. The number of para-hydroxylation sites is 1. The number of rotatable bonds is 5. The summed E-state index contributed by atoms with van der Waals surface area (Å²) in [5.41, 5.74) is 1.35. The van der Waals surface area contributed by atoms with Gasteiger partial charge in [0.2, 0.25) is 0 Å². The molecule has 0 aliphatic heterocycles. The second-order valence-corrected chi connectivity index (χ2v) is 4.85. The molecule has 1 aromatic carbocycles. The lowest BCUT2D eigenvalue weighted by molar-refractivity contribution is 0.0939. The summed E-state index contributed by atoms with van der Waals surface area (Å²) >= 11 is 0. The topological polar surface area (TPSA) is 54.0 Å². The summed E-state index contributed by atoms with van der Waals surface area (Å²) in [6.45, 7) is 3.94. The molecule has 0 bridgehead atoms. The summed E-state index contributed by atoms with van der Waals surface area (Å²) in [7, 11) is 0. The minimum absolute atomic E-state index is 0.0979. The standard InChI is InChI=1S/C16H18FN3O/c1-3-11(2)19-16(21)12-8-13(10-18-9-12)20-15-7-5-4-6-14(15)17/h4-11,20H,3H2,1-2H3,(H,19,21). The predicted octanol–water partition coefficient (Wildman–Crippen LogP) is 3.49. The van der Waals surface area contributed by atoms with E-state index in [1.165, 1.54) is 12.3 Å². The van der Waals surface area contributed by atoms with Crippen molar-refractivity contribution < 1.29 is 9.18 Å². The van der Waals surface area contributed by atoms with Crippen LogP contribution >= 0.6 is 0 Å². The zero-order chi connectivity index (χ0) is 15.2. The number of aromatic nitrogens is 1. The highest BCUT2D eigenvalue weighted by atomic mass is 19.1. The molecule has 5 heteroatoms. The van der Waals surface area contributed by atoms with E-state index in [9.17, 15) is 9.18 Å². The largest absolute Gasteiger partial charge is 0.352 e. The third kappa shape index (κ3) is 4.02. The number of carbonyl (C=O) groups excluding carboxylic acids is 1. The van der Waals surface area contributed by atoms with Crippen LogP contribution in [0.1, 0.15) is 30.6 Å². The van der Waals surface area contributed by atoms with Crippen molar-refractivity contribution >= 4 is 17.3 Å². The third-order valence-corrected chi connectivity index (χ3v) is 3.14. The van der Waals surface area contributed by atoms with Crippen LogP contribution in [0.25, 0.3) is 0 Å². The molecule has 0 aliphatic carbocycles. The smallest absolute Gasteiger partial charge is 0.253 e. The highest BCUT2D eigenvalue weighted by molar-refractivity contribution is 5.95. The maximum atomic E-state index is 13.6. The first-order chi connectivity index (χ1) is 10.1. The van der Waals surface area contributed by atoms with Crippen LogP contribution in [0.3, 0.4) is 0 Å². The zero-order valence-electron chi connectivity index (χ0n) is 12.1. The SMILES string of the molecule is CCC(C)NC(=O)c1cncc(Nc2ccccc2F)c1. The number of anilines is 2. The quantitative estimate of drug-likeness (QED) is 0.885. The predicted molar refractivity (Wildman–Crippen MR) is 81.1 cm³/mol. The van der Waals surface area contributed by atoms with Gasteiger partial charge in [-0.15, -0.1) is 0 Å². The lowest BCUT2D eigenvalue weighted by Crippen LogP contribution is -2.31. The Balaban J connectivity index is 2.14. The van der Waals surface area contributed by atoms with E-state index >= 15 is 0 Å². The molecule has 2 N–H and O–H groups in total. The van der Waals surface area contributed by atoms with Crippen molar-refractivity contribution in [3.63, 3.8) is 0 Å². The second kappa shape index (κ2) is 6.83. The highest BCUT2D eigenvalue weighted by Crippen LogP contribution is 2.19. The van der Waals surface area contributed by atoms with E-state index in [1.807, 2.05) is 13.8 Å². The van der Waals surface area contributed by atoms with Crippen molar-refractivity contribution in [1.29, 1.82) is 0 Å². The van der Waals surface area contributed by atoms with Gasteiger partial charge in [-0.2, -0.15) is 0 Å². The molecule has 1 amide bonds. The van der Waals surface area contributed by atoms with E-state index in [0.29, 0.717) is 16.9 Å². The molecule has 0 spiro atoms. The summed E-state index contributed by atoms with van der Waals surface area (Å²) in [5, 5.41) is 5.78. The minimum Gasteiger partial charge on any atom is -0.352 e. The van der Waals surface area contributed by atoms with Gasteiger partial charge in [-0.05, 0) is 31.5 Å². The Bertz CT molecular complexity index is 630. The molecule has 0 saturated heterocycles. The second-order valence-electron chi connectivity index (χ2n) is 4.85. The van der Waals surface area contributed by atoms with E-state index in [0.717, 1.165) is 6.42 Å². The number of nitrogens with one attached hydrogen (secondary N) is 2. The van der Waals surface area contributed by atoms with Gasteiger partial charge in [0.25, 0.3) is 5.91 Å². The van der Waals surface area contributed by atoms with Crippen molar-refractivity contribution in [2.45, 2.75) is 26.3 Å². The van der Waals surface area contributed by atoms with Gasteiger partial charge >= 0.3 is 0 Å². The first kappa shape index (κ1) is 15.0. The van der Waals surface area contributed by atoms with E-state index in [1.54, 1.807) is 30.5 Å². The van der Waals surface area contributed by atoms with Gasteiger partial charge in [-0.3, -0.25) is 9.78 Å². The molecule has 110 valence electrons. The minimum atomic E-state index is -0.355. The Labute approximate surface area is 123 Å². The van der Waals surface area contributed by atoms with Crippen LogP contribution in [0.2, 0.25) is 0 Å². The van der Waals surface area contributed by atoms with Crippen molar-refractivity contribution in [2.75, 3.05) is 5.32 Å². The summed E-state index contributed by atoms with van der Waals surface area (Å²) in [5.74, 6) is -0.541. The van der Waals surface area contributed by atoms with E-state index in [4.69, 9.17) is 0 Å². The Kier molecular flexibility index (Phi) is 4.87. The molecule has 4 nitrogen and oxygen atoms in total. The van der Waals surface area contributed by atoms with Crippen molar-refractivity contribution in [2.24, 2.45) is 0 Å². The number of hydrogen-bond donors (Lipinski definition) is 2. The summed E-state index contributed by atoms with van der Waals surface area (Å²) < 4.78 is 13.6. The number of carbonyl (C=O) groups is 1. The van der Waals surface area contributed by atoms with E-state index in [2.05, 4.69) is 15.6 Å². The molecular formula is C16H18FN3O. The van der Waals surface area contributed by atoms with Crippen LogP contribution in [0.5, 0.6) is 0 Å². The lowest BCUT2D eigenvalue weighted by Gasteiger charge is -2.12. The van der Waals surface area contributed by atoms with Crippen molar-refractivity contribution in [3.05, 3.63) is 54.1 Å². The summed E-state index contributed by atoms with van der Waals surface area (Å²) in [6, 6.07) is 8.10. The fraction of sp³-hybridized carbons (Fsp3) is 0.250. The monoisotopic (exact) mass is 287 g/mol. The Hall–Kier alpha value is -2.43. The van der Waals surface area contributed by atoms with Gasteiger partial charge in [0.1, 0.15) is 5.82 Å². The van der Waals surface area contributed by atoms with Crippen LogP contribution in [0, 0.1) is 5.82 Å². The normalized spacial score (nSPS) is 11.8. The molecule has 1 atom stereocenters. The van der Waals surface area contributed by atoms with Gasteiger partial charge in [0, 0.05) is 12.2 Å². The molecule has 2 rings (SSSR count). The first-order valence-corrected chi connectivity index (χ1v) is 6.87. The van der Waals surface area contributed by atoms with Crippen molar-refractivity contribution in [3.8, 4) is 0 Å². The maximum Gasteiger partial charge on any atom is 0.253 e. The number of pyridine rings is 1. The molecule has 0 radical (unpaired) electrons. The van der Waals surface area contributed by atoms with Gasteiger partial charge in [0.05, 0.1) is 23.1 Å². The number of hydrogen-bond acceptors (Lipinski definition) is 3. The third-order valence-electron chi connectivity index (χ3n) is 3.14. The zero-order valence-corrected chi connectivity index (χ0v) is 12.1. The van der Waals surface area contributed by atoms with Crippen LogP contribution in [0.4, 0.5) is 15.8 Å². The highest BCUT2D eigenvalue weighted by Gasteiger charge is 2.10. The van der Waals surface area contributed by atoms with Gasteiger partial charge in [-0.25, -0.2) is 4.39 Å². The van der Waals surface area contributed by atoms with Crippen molar-refractivity contribution in [1.82, 2.24) is 10.3 Å². The van der Waals surface area contributed by atoms with Crippen LogP contribution < -0.4 is 10.6 Å². The number of amides is 1. The molecule has 1 aromatic heterocycles. The number of nitrogens with zero attached hydrogens (tertiary/aromatic N) is 1. The molecule has 2 aromatic rings. The van der Waals surface area contributed by atoms with E-state index < -0.39 is 0 Å². The Morgan fingerprint density at radius 1 is 1.33 bits per heavy atom. The maximum absolute atomic E-state index is 13.6. The summed E-state index contributed by atoms with van der Waals surface area (Å²) in [6.07, 6.45) is 3.89. The molecule has 1 heterocycles. The number of benzene rings is 1. The Morgan fingerprint density at radius 2 is 2.10 bits per heavy atom. The van der Waals surface area contributed by atoms with Crippen LogP contribution in [0.15, 0.2) is 42.7 Å². The Morgan fingerprint density at radius 3 is 2.81 bits per heavy atom. The molecular weight excluding hydrogens is 269 g/mol. The lowest BCUT2D eigenvalue weighted by atomic mass is 10.2. The van der Waals surface area contributed by atoms with Gasteiger partial charge in [-0.1, -0.05) is 19.1 Å². The number of halogens is 1. The van der Waals surface area contributed by atoms with Crippen LogP contribution in [-0.4, -0.2) is 16.9 Å². The van der Waals surface area contributed by atoms with E-state index in [-0.39, 0.29) is 17.8 Å². The van der Waals surface area contributed by atoms with Gasteiger partial charge in [0.15, 0.2) is 0 Å². The molecule has 0 saturated carbocycles. The fourth-order valence-corrected chi connectivity index (χ4v) is 1.76. The summed E-state index contributed by atoms with van der Waals surface area (Å²) in [4.78, 5) is 16.1. The average molecular weight is 287 g/mol. The fourth-order valence-electron chi connectivity index (χ4n) is 1.76. The molecule has 21 heavy (non-hydrogen) atoms. The first-order valence-electron chi connectivity index (χ1n) is 6.87. The van der Waals surface area contributed by atoms with Gasteiger partial charge < -0.3 is 10.6 Å². The molecule has 0 aliphatic rings. The van der Waals surface area contributed by atoms with Crippen LogP contribution in [-0.2, 0) is 0 Å².